The average Bonchev–Trinajstić information content (AvgIpc) is 3.18. The van der Waals surface area contributed by atoms with Gasteiger partial charge in [0.25, 0.3) is 0 Å². The molecule has 7 heteroatoms. The fraction of sp³-hybridized carbons (Fsp3) is 0.750. The summed E-state index contributed by atoms with van der Waals surface area (Å²) in [6, 6.07) is 0.129. The maximum atomic E-state index is 12.7. The van der Waals surface area contributed by atoms with E-state index in [1.54, 1.807) is 12.5 Å². The number of hydrogen-bond donors (Lipinski definition) is 0. The van der Waals surface area contributed by atoms with Gasteiger partial charge < -0.3 is 19.3 Å². The lowest BCUT2D eigenvalue weighted by Gasteiger charge is -2.47. The van der Waals surface area contributed by atoms with Crippen LogP contribution in [0.3, 0.4) is 0 Å². The van der Waals surface area contributed by atoms with Crippen LogP contribution in [0.2, 0.25) is 0 Å². The molecule has 0 saturated carbocycles. The minimum absolute atomic E-state index is 0.129. The number of nitrogens with zero attached hydrogens (tertiary/aromatic N) is 5. The molecule has 27 heavy (non-hydrogen) atoms. The zero-order valence-electron chi connectivity index (χ0n) is 16.9. The zero-order valence-corrected chi connectivity index (χ0v) is 16.9. The van der Waals surface area contributed by atoms with Crippen LogP contribution < -0.4 is 0 Å². The highest BCUT2D eigenvalue weighted by molar-refractivity contribution is 5.78. The maximum absolute atomic E-state index is 12.7. The summed E-state index contributed by atoms with van der Waals surface area (Å²) < 4.78 is 1.98. The van der Waals surface area contributed by atoms with Crippen molar-refractivity contribution in [3.8, 4) is 0 Å². The third kappa shape index (κ3) is 4.89. The number of amides is 2. The summed E-state index contributed by atoms with van der Waals surface area (Å²) in [6.45, 7) is 6.24. The molecule has 0 N–H and O–H groups in total. The molecule has 2 aliphatic heterocycles. The molecular weight excluding hydrogens is 342 g/mol. The minimum atomic E-state index is 0.129. The summed E-state index contributed by atoms with van der Waals surface area (Å²) in [7, 11) is 4.08. The van der Waals surface area contributed by atoms with E-state index in [2.05, 4.69) is 16.8 Å². The van der Waals surface area contributed by atoms with Crippen LogP contribution in [0, 0.1) is 5.41 Å². The van der Waals surface area contributed by atoms with Crippen LogP contribution in [0.4, 0.5) is 0 Å². The van der Waals surface area contributed by atoms with E-state index in [0.29, 0.717) is 12.8 Å². The smallest absolute Gasteiger partial charge is 0.224 e. The Morgan fingerprint density at radius 3 is 2.67 bits per heavy atom. The van der Waals surface area contributed by atoms with Crippen LogP contribution in [0.25, 0.3) is 0 Å². The Morgan fingerprint density at radius 2 is 2.04 bits per heavy atom. The fourth-order valence-corrected chi connectivity index (χ4v) is 4.28. The lowest BCUT2D eigenvalue weighted by atomic mass is 9.72. The second-order valence-corrected chi connectivity index (χ2v) is 8.56. The van der Waals surface area contributed by atoms with Crippen molar-refractivity contribution >= 4 is 11.8 Å². The van der Waals surface area contributed by atoms with Gasteiger partial charge in [-0.15, -0.1) is 0 Å². The first-order valence-corrected chi connectivity index (χ1v) is 10.1. The Balaban J connectivity index is 1.51. The third-order valence-corrected chi connectivity index (χ3v) is 6.25. The number of carbonyl (C=O) groups is 2. The topological polar surface area (TPSA) is 61.7 Å². The minimum Gasteiger partial charge on any atom is -0.343 e. The first-order chi connectivity index (χ1) is 12.9. The van der Waals surface area contributed by atoms with Crippen LogP contribution in [-0.2, 0) is 9.59 Å². The first-order valence-electron chi connectivity index (χ1n) is 10.1. The van der Waals surface area contributed by atoms with Gasteiger partial charge in [0.2, 0.25) is 11.8 Å². The predicted octanol–water partition coefficient (Wildman–Crippen LogP) is 1.63. The summed E-state index contributed by atoms with van der Waals surface area (Å²) in [5, 5.41) is 0. The van der Waals surface area contributed by atoms with Crippen molar-refractivity contribution in [1.29, 1.82) is 0 Å². The van der Waals surface area contributed by atoms with Crippen molar-refractivity contribution in [2.45, 2.75) is 45.1 Å². The number of rotatable bonds is 6. The number of aromatic nitrogens is 2. The monoisotopic (exact) mass is 375 g/mol. The Kier molecular flexibility index (Phi) is 6.19. The largest absolute Gasteiger partial charge is 0.343 e. The summed E-state index contributed by atoms with van der Waals surface area (Å²) in [6.07, 6.45) is 9.56. The lowest BCUT2D eigenvalue weighted by molar-refractivity contribution is -0.142. The van der Waals surface area contributed by atoms with E-state index in [-0.39, 0.29) is 23.3 Å². The van der Waals surface area contributed by atoms with E-state index >= 15 is 0 Å². The second-order valence-electron chi connectivity index (χ2n) is 8.56. The van der Waals surface area contributed by atoms with Gasteiger partial charge in [-0.2, -0.15) is 0 Å². The molecule has 7 nitrogen and oxygen atoms in total. The van der Waals surface area contributed by atoms with Crippen molar-refractivity contribution in [2.24, 2.45) is 5.41 Å². The van der Waals surface area contributed by atoms with Crippen molar-refractivity contribution in [2.75, 3.05) is 46.8 Å². The van der Waals surface area contributed by atoms with Gasteiger partial charge in [0.05, 0.1) is 6.33 Å². The summed E-state index contributed by atoms with van der Waals surface area (Å²) in [5.74, 6) is 0.512. The summed E-state index contributed by atoms with van der Waals surface area (Å²) in [4.78, 5) is 35.2. The lowest BCUT2D eigenvalue weighted by Crippen LogP contribution is -2.53. The molecular formula is C20H33N5O2. The molecule has 2 amide bonds. The van der Waals surface area contributed by atoms with Gasteiger partial charge in [-0.3, -0.25) is 9.59 Å². The molecule has 2 fully saturated rings. The fourth-order valence-electron chi connectivity index (χ4n) is 4.28. The molecule has 2 saturated heterocycles. The quantitative estimate of drug-likeness (QED) is 0.758. The van der Waals surface area contributed by atoms with Gasteiger partial charge in [-0.25, -0.2) is 4.98 Å². The maximum Gasteiger partial charge on any atom is 0.224 e. The number of hydrogen-bond acceptors (Lipinski definition) is 4. The van der Waals surface area contributed by atoms with Crippen molar-refractivity contribution in [1.82, 2.24) is 24.3 Å². The van der Waals surface area contributed by atoms with E-state index < -0.39 is 0 Å². The van der Waals surface area contributed by atoms with Crippen molar-refractivity contribution < 1.29 is 9.59 Å². The first kappa shape index (κ1) is 19.9. The Labute approximate surface area is 162 Å². The molecule has 0 radical (unpaired) electrons. The molecule has 1 atom stereocenters. The van der Waals surface area contributed by atoms with Gasteiger partial charge in [0.15, 0.2) is 0 Å². The molecule has 3 heterocycles. The Bertz CT molecular complexity index is 635. The molecule has 1 aromatic rings. The van der Waals surface area contributed by atoms with Crippen molar-refractivity contribution in [3.05, 3.63) is 18.7 Å². The predicted molar refractivity (Wildman–Crippen MR) is 104 cm³/mol. The molecule has 1 aromatic heterocycles. The molecule has 1 spiro atoms. The van der Waals surface area contributed by atoms with Gasteiger partial charge in [-0.05, 0) is 45.7 Å². The van der Waals surface area contributed by atoms with Crippen LogP contribution in [0.1, 0.15) is 45.1 Å². The Morgan fingerprint density at radius 1 is 1.30 bits per heavy atom. The second kappa shape index (κ2) is 8.42. The molecule has 0 aliphatic carbocycles. The highest BCUT2D eigenvalue weighted by Gasteiger charge is 2.41. The number of piperidine rings is 2. The van der Waals surface area contributed by atoms with Gasteiger partial charge in [0.1, 0.15) is 0 Å². The van der Waals surface area contributed by atoms with E-state index in [1.807, 2.05) is 34.7 Å². The normalized spacial score (nSPS) is 21.1. The Hall–Kier alpha value is -1.89. The average molecular weight is 376 g/mol. The molecule has 2 aliphatic rings. The summed E-state index contributed by atoms with van der Waals surface area (Å²) in [5.41, 5.74) is 0.201. The van der Waals surface area contributed by atoms with Crippen molar-refractivity contribution in [3.63, 3.8) is 0 Å². The third-order valence-electron chi connectivity index (χ3n) is 6.25. The number of carbonyl (C=O) groups excluding carboxylic acids is 2. The molecule has 150 valence electrons. The zero-order chi connectivity index (χ0) is 19.4. The van der Waals surface area contributed by atoms with Crippen LogP contribution in [-0.4, -0.2) is 82.9 Å². The van der Waals surface area contributed by atoms with Gasteiger partial charge in [-0.1, -0.05) is 0 Å². The highest BCUT2D eigenvalue weighted by atomic mass is 16.2. The van der Waals surface area contributed by atoms with Crippen LogP contribution >= 0.6 is 0 Å². The number of likely N-dealkylation sites (N-methyl/N-ethyl adjacent to an activating group) is 1. The van der Waals surface area contributed by atoms with E-state index in [0.717, 1.165) is 52.0 Å². The molecule has 0 unspecified atom stereocenters. The van der Waals surface area contributed by atoms with E-state index in [4.69, 9.17) is 0 Å². The van der Waals surface area contributed by atoms with Crippen LogP contribution in [0.15, 0.2) is 18.7 Å². The van der Waals surface area contributed by atoms with Gasteiger partial charge >= 0.3 is 0 Å². The van der Waals surface area contributed by atoms with Crippen LogP contribution in [0.5, 0.6) is 0 Å². The number of likely N-dealkylation sites (tertiary alicyclic amines) is 2. The highest BCUT2D eigenvalue weighted by Crippen LogP contribution is 2.40. The van der Waals surface area contributed by atoms with E-state index in [9.17, 15) is 9.59 Å². The molecule has 0 aromatic carbocycles. The number of imidazole rings is 1. The SMILES string of the molecule is C[C@H](CC(=O)N1CCC2(CCC(=O)N(CCN(C)C)C2)CC1)n1ccnc1. The molecule has 3 rings (SSSR count). The molecule has 0 bridgehead atoms. The standard InChI is InChI=1S/C20H33N5O2/c1-17(25-11-8-21-16-25)14-19(27)23-9-6-20(7-10-23)5-4-18(26)24(15-20)13-12-22(2)3/h8,11,16-17H,4-7,9-10,12-15H2,1-3H3/t17-/m1/s1. The van der Waals surface area contributed by atoms with E-state index in [1.165, 1.54) is 0 Å². The van der Waals surface area contributed by atoms with Gasteiger partial charge in [0, 0.05) is 64.0 Å². The summed E-state index contributed by atoms with van der Waals surface area (Å²) >= 11 is 0.